The molecule has 0 aliphatic carbocycles. The lowest BCUT2D eigenvalue weighted by Crippen LogP contribution is -2.22. The molecule has 3 nitrogen and oxygen atoms in total. The van der Waals surface area contributed by atoms with Gasteiger partial charge in [0.1, 0.15) is 5.82 Å². The Labute approximate surface area is 182 Å². The number of benzene rings is 4. The summed E-state index contributed by atoms with van der Waals surface area (Å²) in [5.74, 6) is 0.595. The molecule has 0 unspecified atom stereocenters. The molecule has 1 aromatic heterocycles. The van der Waals surface area contributed by atoms with Crippen LogP contribution < -0.4 is 5.56 Å². The van der Waals surface area contributed by atoms with Crippen molar-refractivity contribution in [3.05, 3.63) is 117 Å². The summed E-state index contributed by atoms with van der Waals surface area (Å²) in [6, 6.07) is 29.6. The molecule has 0 atom stereocenters. The standard InChI is InChI=1S/C26H17BrN2O/c27-20-15-12-18(13-16-20)14-17-25-28-23-10-4-3-9-22(23)26(30)29(25)24-11-5-7-19-6-1-2-8-21(19)24/h1-17H/b17-14-. The number of aromatic nitrogens is 2. The molecule has 5 aromatic rings. The molecule has 0 aliphatic heterocycles. The summed E-state index contributed by atoms with van der Waals surface area (Å²) < 4.78 is 2.73. The zero-order valence-electron chi connectivity index (χ0n) is 16.0. The third kappa shape index (κ3) is 3.36. The normalized spacial score (nSPS) is 11.5. The predicted octanol–water partition coefficient (Wildman–Crippen LogP) is 6.47. The number of para-hydroxylation sites is 1. The van der Waals surface area contributed by atoms with Crippen LogP contribution in [0.4, 0.5) is 0 Å². The number of halogens is 1. The summed E-state index contributed by atoms with van der Waals surface area (Å²) in [4.78, 5) is 18.4. The minimum Gasteiger partial charge on any atom is -0.268 e. The van der Waals surface area contributed by atoms with Crippen LogP contribution in [0.25, 0.3) is 39.5 Å². The first-order chi connectivity index (χ1) is 14.7. The summed E-state index contributed by atoms with van der Waals surface area (Å²) in [6.07, 6.45) is 3.88. The van der Waals surface area contributed by atoms with Crippen molar-refractivity contribution in [3.63, 3.8) is 0 Å². The van der Waals surface area contributed by atoms with Gasteiger partial charge in [0, 0.05) is 9.86 Å². The second-order valence-electron chi connectivity index (χ2n) is 7.01. The van der Waals surface area contributed by atoms with Crippen LogP contribution in [-0.4, -0.2) is 9.55 Å². The van der Waals surface area contributed by atoms with Crippen molar-refractivity contribution >= 4 is 49.8 Å². The van der Waals surface area contributed by atoms with E-state index >= 15 is 0 Å². The Hall–Kier alpha value is -3.50. The predicted molar refractivity (Wildman–Crippen MR) is 128 cm³/mol. The van der Waals surface area contributed by atoms with Crippen LogP contribution in [-0.2, 0) is 0 Å². The van der Waals surface area contributed by atoms with E-state index in [0.29, 0.717) is 16.7 Å². The minimum absolute atomic E-state index is 0.0765. The van der Waals surface area contributed by atoms with Crippen molar-refractivity contribution in [2.45, 2.75) is 0 Å². The van der Waals surface area contributed by atoms with Gasteiger partial charge in [-0.3, -0.25) is 9.36 Å². The van der Waals surface area contributed by atoms with Gasteiger partial charge < -0.3 is 0 Å². The van der Waals surface area contributed by atoms with Gasteiger partial charge in [0.15, 0.2) is 0 Å². The Bertz CT molecular complexity index is 1460. The van der Waals surface area contributed by atoms with Gasteiger partial charge in [0.2, 0.25) is 0 Å². The highest BCUT2D eigenvalue weighted by Crippen LogP contribution is 2.24. The van der Waals surface area contributed by atoms with E-state index in [-0.39, 0.29) is 5.56 Å². The van der Waals surface area contributed by atoms with Crippen LogP contribution in [0.15, 0.2) is 100 Å². The number of hydrogen-bond acceptors (Lipinski definition) is 2. The largest absolute Gasteiger partial charge is 0.268 e. The second kappa shape index (κ2) is 7.73. The molecule has 144 valence electrons. The highest BCUT2D eigenvalue weighted by molar-refractivity contribution is 9.10. The quantitative estimate of drug-likeness (QED) is 0.314. The summed E-state index contributed by atoms with van der Waals surface area (Å²) in [6.45, 7) is 0. The molecule has 0 bridgehead atoms. The lowest BCUT2D eigenvalue weighted by molar-refractivity contribution is 0.952. The highest BCUT2D eigenvalue weighted by Gasteiger charge is 2.13. The number of rotatable bonds is 3. The van der Waals surface area contributed by atoms with E-state index in [1.807, 2.05) is 91.0 Å². The summed E-state index contributed by atoms with van der Waals surface area (Å²) >= 11 is 3.46. The highest BCUT2D eigenvalue weighted by atomic mass is 79.9. The van der Waals surface area contributed by atoms with E-state index in [1.54, 1.807) is 4.57 Å². The molecular weight excluding hydrogens is 436 g/mol. The van der Waals surface area contributed by atoms with Crippen molar-refractivity contribution in [2.24, 2.45) is 0 Å². The van der Waals surface area contributed by atoms with Crippen molar-refractivity contribution < 1.29 is 0 Å². The van der Waals surface area contributed by atoms with Crippen LogP contribution in [0.3, 0.4) is 0 Å². The van der Waals surface area contributed by atoms with Crippen LogP contribution in [0.2, 0.25) is 0 Å². The molecule has 0 fully saturated rings. The molecular formula is C26H17BrN2O. The maximum atomic E-state index is 13.5. The summed E-state index contributed by atoms with van der Waals surface area (Å²) in [7, 11) is 0. The molecule has 0 N–H and O–H groups in total. The maximum absolute atomic E-state index is 13.5. The monoisotopic (exact) mass is 452 g/mol. The average molecular weight is 453 g/mol. The zero-order chi connectivity index (χ0) is 20.5. The van der Waals surface area contributed by atoms with Crippen LogP contribution in [0, 0.1) is 0 Å². The van der Waals surface area contributed by atoms with Crippen molar-refractivity contribution in [3.8, 4) is 5.69 Å². The molecule has 1 heterocycles. The van der Waals surface area contributed by atoms with Crippen LogP contribution >= 0.6 is 15.9 Å². The fraction of sp³-hybridized carbons (Fsp3) is 0. The second-order valence-corrected chi connectivity index (χ2v) is 7.93. The van der Waals surface area contributed by atoms with Crippen LogP contribution in [0.1, 0.15) is 11.4 Å². The summed E-state index contributed by atoms with van der Waals surface area (Å²) in [5, 5.41) is 2.70. The van der Waals surface area contributed by atoms with Crippen molar-refractivity contribution in [1.82, 2.24) is 9.55 Å². The molecule has 0 saturated heterocycles. The topological polar surface area (TPSA) is 34.9 Å². The fourth-order valence-electron chi connectivity index (χ4n) is 3.64. The van der Waals surface area contributed by atoms with Gasteiger partial charge in [0.05, 0.1) is 16.6 Å². The first-order valence-electron chi connectivity index (χ1n) is 9.64. The molecule has 0 spiro atoms. The lowest BCUT2D eigenvalue weighted by atomic mass is 10.1. The number of hydrogen-bond donors (Lipinski definition) is 0. The minimum atomic E-state index is -0.0765. The molecule has 30 heavy (non-hydrogen) atoms. The van der Waals surface area contributed by atoms with Crippen molar-refractivity contribution in [1.29, 1.82) is 0 Å². The first kappa shape index (κ1) is 18.5. The van der Waals surface area contributed by atoms with Crippen molar-refractivity contribution in [2.75, 3.05) is 0 Å². The Balaban J connectivity index is 1.79. The molecule has 0 aliphatic rings. The maximum Gasteiger partial charge on any atom is 0.266 e. The average Bonchev–Trinajstić information content (AvgIpc) is 2.79. The summed E-state index contributed by atoms with van der Waals surface area (Å²) in [5.41, 5.74) is 2.47. The first-order valence-corrected chi connectivity index (χ1v) is 10.4. The van der Waals surface area contributed by atoms with Gasteiger partial charge in [-0.25, -0.2) is 4.98 Å². The van der Waals surface area contributed by atoms with Gasteiger partial charge in [-0.1, -0.05) is 82.7 Å². The van der Waals surface area contributed by atoms with Gasteiger partial charge >= 0.3 is 0 Å². The Kier molecular flexibility index (Phi) is 4.77. The molecule has 0 saturated carbocycles. The molecule has 0 amide bonds. The number of fused-ring (bicyclic) bond motifs is 2. The van der Waals surface area contributed by atoms with E-state index < -0.39 is 0 Å². The molecule has 4 heteroatoms. The van der Waals surface area contributed by atoms with E-state index in [0.717, 1.165) is 26.5 Å². The third-order valence-corrected chi connectivity index (χ3v) is 5.63. The van der Waals surface area contributed by atoms with E-state index in [1.165, 1.54) is 0 Å². The lowest BCUT2D eigenvalue weighted by Gasteiger charge is -2.14. The smallest absolute Gasteiger partial charge is 0.266 e. The van der Waals surface area contributed by atoms with E-state index in [4.69, 9.17) is 4.98 Å². The van der Waals surface area contributed by atoms with Gasteiger partial charge in [-0.15, -0.1) is 0 Å². The number of nitrogens with zero attached hydrogens (tertiary/aromatic N) is 2. The zero-order valence-corrected chi connectivity index (χ0v) is 17.6. The SMILES string of the molecule is O=c1c2ccccc2nc(/C=C\c2ccc(Br)cc2)n1-c1cccc2ccccc12. The third-order valence-electron chi connectivity index (χ3n) is 5.10. The fourth-order valence-corrected chi connectivity index (χ4v) is 3.91. The van der Waals surface area contributed by atoms with E-state index in [9.17, 15) is 4.79 Å². The van der Waals surface area contributed by atoms with E-state index in [2.05, 4.69) is 28.1 Å². The Morgan fingerprint density at radius 3 is 2.27 bits per heavy atom. The Morgan fingerprint density at radius 2 is 1.43 bits per heavy atom. The molecule has 0 radical (unpaired) electrons. The Morgan fingerprint density at radius 1 is 0.733 bits per heavy atom. The van der Waals surface area contributed by atoms with Gasteiger partial charge in [-0.2, -0.15) is 0 Å². The van der Waals surface area contributed by atoms with Gasteiger partial charge in [0.25, 0.3) is 5.56 Å². The van der Waals surface area contributed by atoms with Gasteiger partial charge in [-0.05, 0) is 47.4 Å². The van der Waals surface area contributed by atoms with Crippen LogP contribution in [0.5, 0.6) is 0 Å². The molecule has 4 aromatic carbocycles. The molecule has 5 rings (SSSR count).